The average molecular weight is 413 g/mol. The van der Waals surface area contributed by atoms with Crippen LogP contribution >= 0.6 is 0 Å². The Morgan fingerprint density at radius 1 is 0.759 bits per heavy atom. The highest BCUT2D eigenvalue weighted by Gasteiger charge is 2.27. The van der Waals surface area contributed by atoms with Crippen molar-refractivity contribution in [3.05, 3.63) is 0 Å². The van der Waals surface area contributed by atoms with Crippen LogP contribution in [0.2, 0.25) is 0 Å². The standard InChI is InChI=1S/C26H52O3/c1-4-6-8-10-12-13-15-17-19-24(18-16-14-11-9-7-5-2)22-28-26-21-20-25(27)23(3)29-26/h23-27H,4-22H2,1-3H3/t23-,24?,25?,26?/m0/s1. The van der Waals surface area contributed by atoms with E-state index in [-0.39, 0.29) is 18.5 Å². The van der Waals surface area contributed by atoms with Crippen molar-refractivity contribution in [2.24, 2.45) is 5.92 Å². The maximum atomic E-state index is 9.83. The number of unbranched alkanes of at least 4 members (excludes halogenated alkanes) is 12. The zero-order chi connectivity index (χ0) is 21.2. The second-order valence-corrected chi connectivity index (χ2v) is 9.43. The summed E-state index contributed by atoms with van der Waals surface area (Å²) in [6, 6.07) is 0. The first-order valence-corrected chi connectivity index (χ1v) is 13.1. The van der Waals surface area contributed by atoms with Crippen LogP contribution in [0.25, 0.3) is 0 Å². The van der Waals surface area contributed by atoms with Gasteiger partial charge in [0.05, 0.1) is 18.8 Å². The normalized spacial score (nSPS) is 23.4. The van der Waals surface area contributed by atoms with Crippen molar-refractivity contribution in [3.8, 4) is 0 Å². The van der Waals surface area contributed by atoms with Crippen LogP contribution in [0.1, 0.15) is 136 Å². The maximum Gasteiger partial charge on any atom is 0.158 e. The summed E-state index contributed by atoms with van der Waals surface area (Å²) in [5.41, 5.74) is 0. The minimum atomic E-state index is -0.328. The van der Waals surface area contributed by atoms with Crippen molar-refractivity contribution in [2.75, 3.05) is 6.61 Å². The summed E-state index contributed by atoms with van der Waals surface area (Å²) in [7, 11) is 0. The van der Waals surface area contributed by atoms with Gasteiger partial charge in [0.15, 0.2) is 6.29 Å². The Kier molecular flexibility index (Phi) is 17.3. The van der Waals surface area contributed by atoms with Gasteiger partial charge >= 0.3 is 0 Å². The van der Waals surface area contributed by atoms with Gasteiger partial charge < -0.3 is 14.6 Å². The van der Waals surface area contributed by atoms with E-state index in [1.165, 1.54) is 103 Å². The fourth-order valence-electron chi connectivity index (χ4n) is 4.40. The highest BCUT2D eigenvalue weighted by Crippen LogP contribution is 2.24. The van der Waals surface area contributed by atoms with E-state index in [4.69, 9.17) is 9.47 Å². The summed E-state index contributed by atoms with van der Waals surface area (Å²) in [5, 5.41) is 9.83. The van der Waals surface area contributed by atoms with Gasteiger partial charge in [-0.25, -0.2) is 0 Å². The summed E-state index contributed by atoms with van der Waals surface area (Å²) in [5.74, 6) is 0.673. The second kappa shape index (κ2) is 18.6. The molecule has 0 aliphatic carbocycles. The smallest absolute Gasteiger partial charge is 0.158 e. The topological polar surface area (TPSA) is 38.7 Å². The number of hydrogen-bond donors (Lipinski definition) is 1. The van der Waals surface area contributed by atoms with Gasteiger partial charge in [0.1, 0.15) is 0 Å². The van der Waals surface area contributed by atoms with Gasteiger partial charge in [-0.3, -0.25) is 0 Å². The molecule has 1 rings (SSSR count). The summed E-state index contributed by atoms with van der Waals surface area (Å²) >= 11 is 0. The zero-order valence-electron chi connectivity index (χ0n) is 20.0. The van der Waals surface area contributed by atoms with Crippen LogP contribution in [0, 0.1) is 5.92 Å². The lowest BCUT2D eigenvalue weighted by molar-refractivity contribution is -0.221. The highest BCUT2D eigenvalue weighted by molar-refractivity contribution is 4.72. The van der Waals surface area contributed by atoms with Crippen molar-refractivity contribution in [1.82, 2.24) is 0 Å². The first-order chi connectivity index (χ1) is 14.2. The molecule has 1 N–H and O–H groups in total. The zero-order valence-corrected chi connectivity index (χ0v) is 20.0. The lowest BCUT2D eigenvalue weighted by Gasteiger charge is -2.32. The Bertz CT molecular complexity index is 347. The number of rotatable bonds is 19. The van der Waals surface area contributed by atoms with Gasteiger partial charge in [-0.2, -0.15) is 0 Å². The minimum absolute atomic E-state index is 0.0986. The molecule has 29 heavy (non-hydrogen) atoms. The molecule has 3 nitrogen and oxygen atoms in total. The SMILES string of the molecule is CCCCCCCCCCC(CCCCCCCC)COC1CCC(O)[C@H](C)O1. The largest absolute Gasteiger partial charge is 0.390 e. The third-order valence-electron chi connectivity index (χ3n) is 6.56. The van der Waals surface area contributed by atoms with E-state index in [1.807, 2.05) is 6.92 Å². The van der Waals surface area contributed by atoms with Crippen LogP contribution in [0.4, 0.5) is 0 Å². The van der Waals surface area contributed by atoms with E-state index < -0.39 is 0 Å². The summed E-state index contributed by atoms with van der Waals surface area (Å²) in [4.78, 5) is 0. The van der Waals surface area contributed by atoms with Crippen molar-refractivity contribution in [1.29, 1.82) is 0 Å². The van der Waals surface area contributed by atoms with Crippen LogP contribution < -0.4 is 0 Å². The molecule has 1 heterocycles. The summed E-state index contributed by atoms with van der Waals surface area (Å²) in [6.07, 6.45) is 23.0. The third kappa shape index (κ3) is 14.5. The van der Waals surface area contributed by atoms with E-state index in [2.05, 4.69) is 13.8 Å². The van der Waals surface area contributed by atoms with Crippen molar-refractivity contribution in [2.45, 2.75) is 155 Å². The summed E-state index contributed by atoms with van der Waals surface area (Å²) in [6.45, 7) is 7.35. The molecule has 0 saturated carbocycles. The van der Waals surface area contributed by atoms with E-state index in [0.717, 1.165) is 19.4 Å². The number of aliphatic hydroxyl groups excluding tert-OH is 1. The second-order valence-electron chi connectivity index (χ2n) is 9.43. The molecule has 0 bridgehead atoms. The highest BCUT2D eigenvalue weighted by atomic mass is 16.7. The molecule has 3 heteroatoms. The van der Waals surface area contributed by atoms with Crippen molar-refractivity contribution < 1.29 is 14.6 Å². The molecule has 1 saturated heterocycles. The molecule has 0 amide bonds. The molecular formula is C26H52O3. The van der Waals surface area contributed by atoms with Gasteiger partial charge in [0, 0.05) is 6.42 Å². The first-order valence-electron chi connectivity index (χ1n) is 13.1. The van der Waals surface area contributed by atoms with Crippen LogP contribution in [0.3, 0.4) is 0 Å². The lowest BCUT2D eigenvalue weighted by atomic mass is 9.94. The quantitative estimate of drug-likeness (QED) is 0.220. The van der Waals surface area contributed by atoms with Crippen molar-refractivity contribution in [3.63, 3.8) is 0 Å². The molecule has 174 valence electrons. The molecule has 3 unspecified atom stereocenters. The molecule has 0 radical (unpaired) electrons. The number of ether oxygens (including phenoxy) is 2. The van der Waals surface area contributed by atoms with Gasteiger partial charge in [-0.15, -0.1) is 0 Å². The molecule has 0 spiro atoms. The van der Waals surface area contributed by atoms with E-state index in [9.17, 15) is 5.11 Å². The number of hydrogen-bond acceptors (Lipinski definition) is 3. The van der Waals surface area contributed by atoms with Gasteiger partial charge in [-0.1, -0.05) is 104 Å². The van der Waals surface area contributed by atoms with Crippen molar-refractivity contribution >= 4 is 0 Å². The Labute approximate surface area is 182 Å². The van der Waals surface area contributed by atoms with Crippen LogP contribution in [-0.2, 0) is 9.47 Å². The van der Waals surface area contributed by atoms with Gasteiger partial charge in [-0.05, 0) is 32.1 Å². The first kappa shape index (κ1) is 26.9. The molecule has 0 aromatic heterocycles. The summed E-state index contributed by atoms with van der Waals surface area (Å²) < 4.78 is 12.0. The predicted octanol–water partition coefficient (Wildman–Crippen LogP) is 7.79. The Morgan fingerprint density at radius 2 is 1.24 bits per heavy atom. The van der Waals surface area contributed by atoms with Gasteiger partial charge in [0.2, 0.25) is 0 Å². The lowest BCUT2D eigenvalue weighted by Crippen LogP contribution is -2.38. The molecule has 1 fully saturated rings. The Morgan fingerprint density at radius 3 is 1.72 bits per heavy atom. The van der Waals surface area contributed by atoms with E-state index >= 15 is 0 Å². The Hall–Kier alpha value is -0.120. The monoisotopic (exact) mass is 412 g/mol. The number of aliphatic hydroxyl groups is 1. The van der Waals surface area contributed by atoms with Crippen LogP contribution in [0.15, 0.2) is 0 Å². The predicted molar refractivity (Wildman–Crippen MR) is 124 cm³/mol. The van der Waals surface area contributed by atoms with E-state index in [0.29, 0.717) is 5.92 Å². The van der Waals surface area contributed by atoms with Crippen LogP contribution in [0.5, 0.6) is 0 Å². The minimum Gasteiger partial charge on any atom is -0.390 e. The molecule has 1 aliphatic rings. The van der Waals surface area contributed by atoms with E-state index in [1.54, 1.807) is 0 Å². The molecule has 0 aromatic rings. The van der Waals surface area contributed by atoms with Crippen LogP contribution in [-0.4, -0.2) is 30.2 Å². The fourth-order valence-corrected chi connectivity index (χ4v) is 4.40. The third-order valence-corrected chi connectivity index (χ3v) is 6.56. The average Bonchev–Trinajstić information content (AvgIpc) is 2.72. The molecule has 0 aromatic carbocycles. The van der Waals surface area contributed by atoms with Gasteiger partial charge in [0.25, 0.3) is 0 Å². The molecular weight excluding hydrogens is 360 g/mol. The molecule has 1 aliphatic heterocycles. The Balaban J connectivity index is 2.21. The molecule has 4 atom stereocenters. The fraction of sp³-hybridized carbons (Fsp3) is 1.00. The maximum absolute atomic E-state index is 9.83.